The van der Waals surface area contributed by atoms with E-state index in [0.717, 1.165) is 26.6 Å². The smallest absolute Gasteiger partial charge is 0.125 e. The first kappa shape index (κ1) is 16.3. The van der Waals surface area contributed by atoms with Gasteiger partial charge in [0.25, 0.3) is 0 Å². The molecule has 0 amide bonds. The molecule has 0 aliphatic heterocycles. The number of phenols is 1. The third-order valence-electron chi connectivity index (χ3n) is 4.64. The molecule has 126 valence electrons. The second-order valence-electron chi connectivity index (χ2n) is 6.07. The number of hydrogen-bond donors (Lipinski definition) is 2. The number of thiophene rings is 1. The summed E-state index contributed by atoms with van der Waals surface area (Å²) >= 11 is 7.98. The molecule has 0 radical (unpaired) electrons. The van der Waals surface area contributed by atoms with E-state index in [1.165, 1.54) is 5.56 Å². The Morgan fingerprint density at radius 3 is 2.68 bits per heavy atom. The maximum Gasteiger partial charge on any atom is 0.125 e. The highest BCUT2D eigenvalue weighted by atomic mass is 35.5. The van der Waals surface area contributed by atoms with Gasteiger partial charge in [0, 0.05) is 34.6 Å². The molecule has 2 aromatic carbocycles. The number of aromatic hydroxyl groups is 1. The minimum Gasteiger partial charge on any atom is -0.507 e. The molecule has 0 saturated heterocycles. The molecule has 1 atom stereocenters. The van der Waals surface area contributed by atoms with Gasteiger partial charge in [-0.1, -0.05) is 35.9 Å². The normalized spacial score (nSPS) is 12.8. The van der Waals surface area contributed by atoms with E-state index in [2.05, 4.69) is 35.4 Å². The van der Waals surface area contributed by atoms with Crippen LogP contribution < -0.4 is 5.32 Å². The SMILES string of the molecule is CN[C@@H](C)c1ccc(-c2c(O)cc(Cl)c3ncc4sccc4c23)cc1. The summed E-state index contributed by atoms with van der Waals surface area (Å²) in [5, 5.41) is 18.3. The number of benzene rings is 2. The molecule has 2 heterocycles. The van der Waals surface area contributed by atoms with Crippen LogP contribution in [-0.4, -0.2) is 17.1 Å². The van der Waals surface area contributed by atoms with Gasteiger partial charge in [0.05, 0.1) is 15.2 Å². The summed E-state index contributed by atoms with van der Waals surface area (Å²) in [6.07, 6.45) is 1.84. The summed E-state index contributed by atoms with van der Waals surface area (Å²) in [5.41, 5.74) is 3.64. The number of rotatable bonds is 3. The maximum atomic E-state index is 10.6. The lowest BCUT2D eigenvalue weighted by Gasteiger charge is -2.14. The van der Waals surface area contributed by atoms with Crippen LogP contribution in [0.3, 0.4) is 0 Å². The number of aromatic nitrogens is 1. The Hall–Kier alpha value is -2.14. The molecule has 25 heavy (non-hydrogen) atoms. The number of nitrogens with zero attached hydrogens (tertiary/aromatic N) is 1. The molecule has 0 spiro atoms. The summed E-state index contributed by atoms with van der Waals surface area (Å²) in [4.78, 5) is 4.52. The van der Waals surface area contributed by atoms with Crippen molar-refractivity contribution in [3.63, 3.8) is 0 Å². The van der Waals surface area contributed by atoms with E-state index < -0.39 is 0 Å². The zero-order chi connectivity index (χ0) is 17.6. The minimum absolute atomic E-state index is 0.174. The van der Waals surface area contributed by atoms with Crippen LogP contribution in [0.15, 0.2) is 48.0 Å². The highest BCUT2D eigenvalue weighted by Gasteiger charge is 2.17. The lowest BCUT2D eigenvalue weighted by molar-refractivity contribution is 0.478. The van der Waals surface area contributed by atoms with Gasteiger partial charge in [-0.2, -0.15) is 0 Å². The summed E-state index contributed by atoms with van der Waals surface area (Å²) in [6.45, 7) is 2.11. The highest BCUT2D eigenvalue weighted by Crippen LogP contribution is 2.43. The topological polar surface area (TPSA) is 45.1 Å². The van der Waals surface area contributed by atoms with E-state index in [4.69, 9.17) is 11.6 Å². The first-order valence-electron chi connectivity index (χ1n) is 8.05. The van der Waals surface area contributed by atoms with Crippen LogP contribution in [0, 0.1) is 0 Å². The van der Waals surface area contributed by atoms with Gasteiger partial charge in [-0.25, -0.2) is 0 Å². The van der Waals surface area contributed by atoms with Gasteiger partial charge >= 0.3 is 0 Å². The lowest BCUT2D eigenvalue weighted by Crippen LogP contribution is -2.11. The van der Waals surface area contributed by atoms with E-state index in [9.17, 15) is 5.11 Å². The van der Waals surface area contributed by atoms with Crippen molar-refractivity contribution in [2.75, 3.05) is 7.05 Å². The zero-order valence-corrected chi connectivity index (χ0v) is 15.4. The molecule has 0 bridgehead atoms. The Bertz CT molecular complexity index is 1070. The van der Waals surface area contributed by atoms with Crippen LogP contribution in [0.2, 0.25) is 5.02 Å². The molecule has 0 unspecified atom stereocenters. The van der Waals surface area contributed by atoms with Crippen LogP contribution in [0.1, 0.15) is 18.5 Å². The van der Waals surface area contributed by atoms with Crippen LogP contribution in [0.5, 0.6) is 5.75 Å². The molecule has 0 aliphatic carbocycles. The van der Waals surface area contributed by atoms with Crippen molar-refractivity contribution >= 4 is 43.9 Å². The van der Waals surface area contributed by atoms with Crippen LogP contribution in [-0.2, 0) is 0 Å². The lowest BCUT2D eigenvalue weighted by atomic mass is 9.95. The summed E-state index contributed by atoms with van der Waals surface area (Å²) in [5.74, 6) is 0.174. The molecule has 4 rings (SSSR count). The number of nitrogens with one attached hydrogen (secondary N) is 1. The minimum atomic E-state index is 0.174. The third-order valence-corrected chi connectivity index (χ3v) is 5.78. The van der Waals surface area contributed by atoms with Crippen molar-refractivity contribution < 1.29 is 5.11 Å². The van der Waals surface area contributed by atoms with Crippen molar-refractivity contribution in [1.82, 2.24) is 10.3 Å². The predicted molar refractivity (Wildman–Crippen MR) is 107 cm³/mol. The monoisotopic (exact) mass is 368 g/mol. The van der Waals surface area contributed by atoms with Crippen molar-refractivity contribution in [3.8, 4) is 16.9 Å². The number of fused-ring (bicyclic) bond motifs is 3. The Morgan fingerprint density at radius 2 is 1.96 bits per heavy atom. The van der Waals surface area contributed by atoms with Crippen LogP contribution in [0.4, 0.5) is 0 Å². The van der Waals surface area contributed by atoms with E-state index in [1.54, 1.807) is 17.4 Å². The van der Waals surface area contributed by atoms with Crippen molar-refractivity contribution in [1.29, 1.82) is 0 Å². The van der Waals surface area contributed by atoms with Gasteiger partial charge in [0.2, 0.25) is 0 Å². The van der Waals surface area contributed by atoms with Gasteiger partial charge in [-0.05, 0) is 36.5 Å². The number of halogens is 1. The third kappa shape index (κ3) is 2.67. The fourth-order valence-corrected chi connectivity index (χ4v) is 4.17. The van der Waals surface area contributed by atoms with E-state index in [-0.39, 0.29) is 11.8 Å². The Balaban J connectivity index is 2.02. The molecule has 5 heteroatoms. The first-order chi connectivity index (χ1) is 12.1. The number of hydrogen-bond acceptors (Lipinski definition) is 4. The fourth-order valence-electron chi connectivity index (χ4n) is 3.16. The number of pyridine rings is 1. The van der Waals surface area contributed by atoms with Gasteiger partial charge < -0.3 is 10.4 Å². The average molecular weight is 369 g/mol. The molecule has 3 nitrogen and oxygen atoms in total. The molecule has 2 aromatic heterocycles. The Morgan fingerprint density at radius 1 is 1.20 bits per heavy atom. The summed E-state index contributed by atoms with van der Waals surface area (Å²) in [6, 6.07) is 12.1. The summed E-state index contributed by atoms with van der Waals surface area (Å²) < 4.78 is 1.08. The molecule has 4 aromatic rings. The Labute approximate surface area is 154 Å². The average Bonchev–Trinajstić information content (AvgIpc) is 3.10. The van der Waals surface area contributed by atoms with Crippen molar-refractivity contribution in [3.05, 3.63) is 58.6 Å². The molecule has 0 fully saturated rings. The van der Waals surface area contributed by atoms with Crippen molar-refractivity contribution in [2.24, 2.45) is 0 Å². The second-order valence-corrected chi connectivity index (χ2v) is 7.42. The van der Waals surface area contributed by atoms with Gasteiger partial charge in [0.15, 0.2) is 0 Å². The molecule has 0 aliphatic rings. The molecule has 2 N–H and O–H groups in total. The molecular weight excluding hydrogens is 352 g/mol. The van der Waals surface area contributed by atoms with Crippen molar-refractivity contribution in [2.45, 2.75) is 13.0 Å². The van der Waals surface area contributed by atoms with Gasteiger partial charge in [-0.15, -0.1) is 11.3 Å². The molecule has 0 saturated carbocycles. The maximum absolute atomic E-state index is 10.6. The molecular formula is C20H17ClN2OS. The highest BCUT2D eigenvalue weighted by molar-refractivity contribution is 7.17. The largest absolute Gasteiger partial charge is 0.507 e. The second kappa shape index (κ2) is 6.30. The van der Waals surface area contributed by atoms with E-state index in [0.29, 0.717) is 10.5 Å². The van der Waals surface area contributed by atoms with Crippen LogP contribution >= 0.6 is 22.9 Å². The first-order valence-corrected chi connectivity index (χ1v) is 9.31. The van der Waals surface area contributed by atoms with Gasteiger partial charge in [0.1, 0.15) is 5.75 Å². The standard InChI is InChI=1S/C20H17ClN2OS/c1-11(22-2)12-3-5-13(6-4-12)18-16(24)9-15(21)20-19(18)14-7-8-25-17(14)10-23-20/h3-11,22,24H,1-2H3/t11-/m0/s1. The van der Waals surface area contributed by atoms with E-state index >= 15 is 0 Å². The zero-order valence-electron chi connectivity index (χ0n) is 13.9. The van der Waals surface area contributed by atoms with Gasteiger partial charge in [-0.3, -0.25) is 4.98 Å². The van der Waals surface area contributed by atoms with E-state index in [1.807, 2.05) is 30.8 Å². The van der Waals surface area contributed by atoms with Crippen LogP contribution in [0.25, 0.3) is 32.1 Å². The quantitative estimate of drug-likeness (QED) is 0.483. The summed E-state index contributed by atoms with van der Waals surface area (Å²) in [7, 11) is 1.94. The Kier molecular flexibility index (Phi) is 4.12. The predicted octanol–water partition coefficient (Wildman–Crippen LogP) is 5.76. The number of phenolic OH excluding ortho intramolecular Hbond substituents is 1. The fraction of sp³-hybridized carbons (Fsp3) is 0.150.